The van der Waals surface area contributed by atoms with Crippen LogP contribution in [0.5, 0.6) is 0 Å². The second-order valence-electron chi connectivity index (χ2n) is 6.82. The number of thiocarbonyl (C=S) groups is 1. The SMILES string of the molecule is CN1C(C(=S)C2NCC(C)(C)N2C)NCC1(C)C. The van der Waals surface area contributed by atoms with Crippen molar-refractivity contribution in [1.82, 2.24) is 20.4 Å². The first-order chi connectivity index (χ1) is 8.17. The van der Waals surface area contributed by atoms with Crippen LogP contribution in [0.15, 0.2) is 0 Å². The van der Waals surface area contributed by atoms with Gasteiger partial charge in [0.05, 0.1) is 17.2 Å². The van der Waals surface area contributed by atoms with Crippen molar-refractivity contribution in [3.63, 3.8) is 0 Å². The van der Waals surface area contributed by atoms with Crippen LogP contribution in [-0.4, -0.2) is 65.3 Å². The standard InChI is InChI=1S/C13H26N4S/c1-12(2)7-14-10(16(12)5)9(18)11-15-8-13(3,4)17(11)6/h10-11,14-15H,7-8H2,1-6H3. The Bertz CT molecular complexity index is 321. The largest absolute Gasteiger partial charge is 0.296 e. The van der Waals surface area contributed by atoms with E-state index in [0.717, 1.165) is 18.0 Å². The Labute approximate surface area is 116 Å². The Hall–Kier alpha value is -0.0700. The van der Waals surface area contributed by atoms with E-state index in [1.807, 2.05) is 0 Å². The fraction of sp³-hybridized carbons (Fsp3) is 0.923. The third kappa shape index (κ3) is 2.23. The molecule has 2 heterocycles. The summed E-state index contributed by atoms with van der Waals surface area (Å²) in [5.41, 5.74) is 0.336. The summed E-state index contributed by atoms with van der Waals surface area (Å²) >= 11 is 5.72. The van der Waals surface area contributed by atoms with Gasteiger partial charge in [0.1, 0.15) is 0 Å². The van der Waals surface area contributed by atoms with Crippen molar-refractivity contribution in [1.29, 1.82) is 0 Å². The minimum Gasteiger partial charge on any atom is -0.296 e. The van der Waals surface area contributed by atoms with E-state index in [2.05, 4.69) is 62.2 Å². The molecule has 0 aliphatic carbocycles. The highest BCUT2D eigenvalue weighted by molar-refractivity contribution is 7.80. The third-order valence-corrected chi connectivity index (χ3v) is 5.13. The van der Waals surface area contributed by atoms with Gasteiger partial charge in [0.15, 0.2) is 0 Å². The number of nitrogens with one attached hydrogen (secondary N) is 2. The minimum atomic E-state index is 0.168. The van der Waals surface area contributed by atoms with Crippen molar-refractivity contribution in [3.05, 3.63) is 0 Å². The van der Waals surface area contributed by atoms with Gasteiger partial charge in [-0.05, 0) is 41.8 Å². The van der Waals surface area contributed by atoms with E-state index in [4.69, 9.17) is 12.2 Å². The summed E-state index contributed by atoms with van der Waals surface area (Å²) in [5, 5.41) is 7.08. The van der Waals surface area contributed by atoms with Crippen molar-refractivity contribution in [3.8, 4) is 0 Å². The van der Waals surface area contributed by atoms with E-state index in [9.17, 15) is 0 Å². The van der Waals surface area contributed by atoms with Gasteiger partial charge in [0.2, 0.25) is 0 Å². The maximum absolute atomic E-state index is 5.72. The van der Waals surface area contributed by atoms with E-state index >= 15 is 0 Å². The molecule has 18 heavy (non-hydrogen) atoms. The van der Waals surface area contributed by atoms with Crippen molar-refractivity contribution in [2.75, 3.05) is 27.2 Å². The average molecular weight is 270 g/mol. The molecule has 0 aromatic heterocycles. The van der Waals surface area contributed by atoms with E-state index < -0.39 is 0 Å². The maximum Gasteiger partial charge on any atom is 0.0957 e. The van der Waals surface area contributed by atoms with Crippen LogP contribution in [0.2, 0.25) is 0 Å². The Morgan fingerprint density at radius 2 is 1.28 bits per heavy atom. The lowest BCUT2D eigenvalue weighted by atomic mass is 10.1. The topological polar surface area (TPSA) is 30.5 Å². The molecule has 2 saturated heterocycles. The molecule has 0 bridgehead atoms. The van der Waals surface area contributed by atoms with Crippen LogP contribution in [0, 0.1) is 0 Å². The van der Waals surface area contributed by atoms with Gasteiger partial charge < -0.3 is 0 Å². The van der Waals surface area contributed by atoms with Gasteiger partial charge in [-0.15, -0.1) is 0 Å². The molecule has 104 valence electrons. The predicted molar refractivity (Wildman–Crippen MR) is 79.9 cm³/mol. The predicted octanol–water partition coefficient (Wildman–Crippen LogP) is 0.636. The monoisotopic (exact) mass is 270 g/mol. The summed E-state index contributed by atoms with van der Waals surface area (Å²) in [6, 6.07) is 0. The quantitative estimate of drug-likeness (QED) is 0.719. The molecule has 2 aliphatic rings. The highest BCUT2D eigenvalue weighted by atomic mass is 32.1. The van der Waals surface area contributed by atoms with Gasteiger partial charge in [-0.3, -0.25) is 20.4 Å². The van der Waals surface area contributed by atoms with Crippen LogP contribution < -0.4 is 10.6 Å². The minimum absolute atomic E-state index is 0.168. The first-order valence-electron chi connectivity index (χ1n) is 6.63. The summed E-state index contributed by atoms with van der Waals surface area (Å²) in [4.78, 5) is 5.74. The van der Waals surface area contributed by atoms with Crippen LogP contribution in [0.1, 0.15) is 27.7 Å². The van der Waals surface area contributed by atoms with Crippen LogP contribution in [0.25, 0.3) is 0 Å². The number of nitrogens with zero attached hydrogens (tertiary/aromatic N) is 2. The zero-order chi connectivity index (χ0) is 13.7. The van der Waals surface area contributed by atoms with Gasteiger partial charge in [-0.1, -0.05) is 12.2 Å². The first kappa shape index (κ1) is 14.3. The molecule has 0 aromatic carbocycles. The van der Waals surface area contributed by atoms with Crippen molar-refractivity contribution >= 4 is 17.1 Å². The molecule has 2 unspecified atom stereocenters. The van der Waals surface area contributed by atoms with Crippen molar-refractivity contribution < 1.29 is 0 Å². The lowest BCUT2D eigenvalue weighted by molar-refractivity contribution is 0.183. The van der Waals surface area contributed by atoms with Crippen LogP contribution in [0.3, 0.4) is 0 Å². The molecule has 0 radical (unpaired) electrons. The summed E-state index contributed by atoms with van der Waals surface area (Å²) in [6.45, 7) is 11.0. The third-order valence-electron chi connectivity index (χ3n) is 4.68. The van der Waals surface area contributed by atoms with Crippen molar-refractivity contribution in [2.45, 2.75) is 51.1 Å². The molecule has 2 rings (SSSR count). The molecule has 2 atom stereocenters. The van der Waals surface area contributed by atoms with Crippen LogP contribution >= 0.6 is 12.2 Å². The summed E-state index contributed by atoms with van der Waals surface area (Å²) in [5.74, 6) is 0. The molecule has 5 heteroatoms. The maximum atomic E-state index is 5.72. The number of likely N-dealkylation sites (N-methyl/N-ethyl adjacent to an activating group) is 2. The highest BCUT2D eigenvalue weighted by Crippen LogP contribution is 2.26. The van der Waals surface area contributed by atoms with E-state index in [0.29, 0.717) is 0 Å². The summed E-state index contributed by atoms with van der Waals surface area (Å²) in [7, 11) is 4.30. The normalized spacial score (nSPS) is 36.1. The summed E-state index contributed by atoms with van der Waals surface area (Å²) < 4.78 is 0. The second kappa shape index (κ2) is 4.49. The van der Waals surface area contributed by atoms with E-state index in [-0.39, 0.29) is 23.4 Å². The van der Waals surface area contributed by atoms with Crippen molar-refractivity contribution in [2.24, 2.45) is 0 Å². The smallest absolute Gasteiger partial charge is 0.0957 e. The molecule has 2 aliphatic heterocycles. The lowest BCUT2D eigenvalue weighted by Gasteiger charge is -2.35. The van der Waals surface area contributed by atoms with Gasteiger partial charge >= 0.3 is 0 Å². The molecule has 4 nitrogen and oxygen atoms in total. The van der Waals surface area contributed by atoms with E-state index in [1.165, 1.54) is 0 Å². The second-order valence-corrected chi connectivity index (χ2v) is 7.29. The first-order valence-corrected chi connectivity index (χ1v) is 7.04. The molecular formula is C13H26N4S. The molecule has 2 N–H and O–H groups in total. The Morgan fingerprint density at radius 3 is 1.50 bits per heavy atom. The molecular weight excluding hydrogens is 244 g/mol. The highest BCUT2D eigenvalue weighted by Gasteiger charge is 2.45. The molecule has 0 spiro atoms. The van der Waals surface area contributed by atoms with Crippen LogP contribution in [0.4, 0.5) is 0 Å². The molecule has 2 fully saturated rings. The summed E-state index contributed by atoms with van der Waals surface area (Å²) in [6.07, 6.45) is 0.368. The van der Waals surface area contributed by atoms with Gasteiger partial charge in [0.25, 0.3) is 0 Å². The number of hydrogen-bond acceptors (Lipinski definition) is 5. The fourth-order valence-electron chi connectivity index (χ4n) is 2.65. The van der Waals surface area contributed by atoms with Gasteiger partial charge in [-0.2, -0.15) is 0 Å². The average Bonchev–Trinajstić information content (AvgIpc) is 2.68. The number of hydrogen-bond donors (Lipinski definition) is 2. The van der Waals surface area contributed by atoms with Gasteiger partial charge in [0, 0.05) is 24.2 Å². The lowest BCUT2D eigenvalue weighted by Crippen LogP contribution is -2.55. The van der Waals surface area contributed by atoms with Gasteiger partial charge in [-0.25, -0.2) is 0 Å². The molecule has 0 saturated carbocycles. The zero-order valence-corrected chi connectivity index (χ0v) is 13.2. The molecule has 0 aromatic rings. The Morgan fingerprint density at radius 1 is 0.944 bits per heavy atom. The Balaban J connectivity index is 2.10. The Kier molecular flexibility index (Phi) is 3.58. The molecule has 0 amide bonds. The number of rotatable bonds is 2. The van der Waals surface area contributed by atoms with Crippen LogP contribution in [-0.2, 0) is 0 Å². The zero-order valence-electron chi connectivity index (χ0n) is 12.4. The fourth-order valence-corrected chi connectivity index (χ4v) is 3.13. The van der Waals surface area contributed by atoms with E-state index in [1.54, 1.807) is 0 Å².